The van der Waals surface area contributed by atoms with Gasteiger partial charge in [0.1, 0.15) is 5.82 Å². The number of nitrogens with two attached hydrogens (primary N) is 1. The molecule has 4 aromatic rings. The molecule has 0 aliphatic heterocycles. The molecule has 0 aliphatic rings. The van der Waals surface area contributed by atoms with Gasteiger partial charge in [-0.3, -0.25) is 4.79 Å². The van der Waals surface area contributed by atoms with Crippen LogP contribution in [0.25, 0.3) is 22.2 Å². The summed E-state index contributed by atoms with van der Waals surface area (Å²) in [4.78, 5) is 21.8. The molecule has 2 aromatic heterocycles. The number of nitrogens with zero attached hydrogens (tertiary/aromatic N) is 2. The summed E-state index contributed by atoms with van der Waals surface area (Å²) in [6.07, 6.45) is 1.72. The van der Waals surface area contributed by atoms with E-state index >= 15 is 0 Å². The Morgan fingerprint density at radius 3 is 2.55 bits per heavy atom. The van der Waals surface area contributed by atoms with Gasteiger partial charge in [-0.25, -0.2) is 9.97 Å². The van der Waals surface area contributed by atoms with Crippen LogP contribution in [-0.4, -0.2) is 15.9 Å². The molecule has 144 valence electrons. The van der Waals surface area contributed by atoms with Crippen LogP contribution >= 0.6 is 0 Å². The lowest BCUT2D eigenvalue weighted by molar-refractivity contribution is 0.0939. The Morgan fingerprint density at radius 1 is 1.03 bits per heavy atom. The second kappa shape index (κ2) is 7.72. The Bertz CT molecular complexity index is 1190. The summed E-state index contributed by atoms with van der Waals surface area (Å²) < 4.78 is 0. The minimum absolute atomic E-state index is 0.0906. The van der Waals surface area contributed by atoms with Gasteiger partial charge >= 0.3 is 0 Å². The molecule has 2 heterocycles. The Kier molecular flexibility index (Phi) is 4.96. The van der Waals surface area contributed by atoms with Crippen LogP contribution < -0.4 is 11.1 Å². The fraction of sp³-hybridized carbons (Fsp3) is 0.125. The van der Waals surface area contributed by atoms with Gasteiger partial charge in [0.05, 0.1) is 17.3 Å². The predicted octanol–water partition coefficient (Wildman–Crippen LogP) is 4.68. The maximum atomic E-state index is 12.8. The minimum Gasteiger partial charge on any atom is -0.384 e. The number of rotatable bonds is 4. The van der Waals surface area contributed by atoms with Crippen LogP contribution in [0, 0.1) is 6.92 Å². The topological polar surface area (TPSA) is 80.9 Å². The van der Waals surface area contributed by atoms with Crippen molar-refractivity contribution >= 4 is 22.6 Å². The van der Waals surface area contributed by atoms with Crippen LogP contribution in [0.2, 0.25) is 0 Å². The molecule has 0 saturated heterocycles. The van der Waals surface area contributed by atoms with E-state index in [1.807, 2.05) is 74.5 Å². The number of para-hydroxylation sites is 1. The van der Waals surface area contributed by atoms with E-state index in [1.165, 1.54) is 0 Å². The molecule has 29 heavy (non-hydrogen) atoms. The summed E-state index contributed by atoms with van der Waals surface area (Å²) in [5.74, 6) is 0.376. The normalized spacial score (nSPS) is 11.9. The fourth-order valence-electron chi connectivity index (χ4n) is 3.45. The third-order valence-corrected chi connectivity index (χ3v) is 5.03. The summed E-state index contributed by atoms with van der Waals surface area (Å²) in [6, 6.07) is 21.0. The first-order valence-electron chi connectivity index (χ1n) is 9.51. The lowest BCUT2D eigenvalue weighted by Gasteiger charge is -2.18. The molecule has 2 aromatic carbocycles. The fourth-order valence-corrected chi connectivity index (χ4v) is 3.45. The van der Waals surface area contributed by atoms with Crippen molar-refractivity contribution in [2.45, 2.75) is 19.9 Å². The van der Waals surface area contributed by atoms with Gasteiger partial charge in [0.2, 0.25) is 0 Å². The number of aromatic nitrogens is 2. The van der Waals surface area contributed by atoms with E-state index in [-0.39, 0.29) is 11.9 Å². The van der Waals surface area contributed by atoms with Crippen molar-refractivity contribution in [1.29, 1.82) is 0 Å². The number of hydrogen-bond donors (Lipinski definition) is 2. The van der Waals surface area contributed by atoms with E-state index in [4.69, 9.17) is 10.7 Å². The molecule has 0 bridgehead atoms. The number of nitrogens with one attached hydrogen (secondary N) is 1. The zero-order valence-corrected chi connectivity index (χ0v) is 16.4. The van der Waals surface area contributed by atoms with Crippen molar-refractivity contribution in [2.75, 3.05) is 5.73 Å². The van der Waals surface area contributed by atoms with Crippen LogP contribution in [0.3, 0.4) is 0 Å². The highest BCUT2D eigenvalue weighted by Crippen LogP contribution is 2.29. The van der Waals surface area contributed by atoms with Crippen LogP contribution in [-0.2, 0) is 0 Å². The van der Waals surface area contributed by atoms with Crippen molar-refractivity contribution < 1.29 is 4.79 Å². The van der Waals surface area contributed by atoms with Crippen LogP contribution in [0.5, 0.6) is 0 Å². The van der Waals surface area contributed by atoms with Crippen LogP contribution in [0.15, 0.2) is 72.9 Å². The standard InChI is InChI=1S/C24H22N4O/c1-15-7-3-4-8-18(15)24(29)27-16(2)20-13-22(17-11-12-23(25)26-14-17)28-21-10-6-5-9-19(20)21/h3-14,16H,1-2H3,(H2,25,26)(H,27,29). The SMILES string of the molecule is Cc1ccccc1C(=O)NC(C)c1cc(-c2ccc(N)nc2)nc2ccccc12. The van der Waals surface area contributed by atoms with Gasteiger partial charge in [-0.15, -0.1) is 0 Å². The molecular weight excluding hydrogens is 360 g/mol. The maximum Gasteiger partial charge on any atom is 0.252 e. The third-order valence-electron chi connectivity index (χ3n) is 5.03. The molecule has 1 amide bonds. The smallest absolute Gasteiger partial charge is 0.252 e. The molecule has 1 atom stereocenters. The van der Waals surface area contributed by atoms with E-state index < -0.39 is 0 Å². The highest BCUT2D eigenvalue weighted by Gasteiger charge is 2.17. The highest BCUT2D eigenvalue weighted by atomic mass is 16.1. The Labute approximate surface area is 169 Å². The van der Waals surface area contributed by atoms with E-state index in [0.717, 1.165) is 33.3 Å². The molecule has 5 heteroatoms. The molecule has 0 radical (unpaired) electrons. The maximum absolute atomic E-state index is 12.8. The predicted molar refractivity (Wildman–Crippen MR) is 116 cm³/mol. The Hall–Kier alpha value is -3.73. The molecule has 5 nitrogen and oxygen atoms in total. The van der Waals surface area contributed by atoms with Gasteiger partial charge in [0.25, 0.3) is 5.91 Å². The molecule has 1 unspecified atom stereocenters. The van der Waals surface area contributed by atoms with Crippen molar-refractivity contribution in [3.63, 3.8) is 0 Å². The summed E-state index contributed by atoms with van der Waals surface area (Å²) in [5.41, 5.74) is 10.9. The third kappa shape index (κ3) is 3.80. The van der Waals surface area contributed by atoms with Gasteiger partial charge in [0, 0.05) is 22.7 Å². The molecule has 0 spiro atoms. The lowest BCUT2D eigenvalue weighted by atomic mass is 9.99. The molecule has 0 saturated carbocycles. The average Bonchev–Trinajstić information content (AvgIpc) is 2.73. The zero-order valence-electron chi connectivity index (χ0n) is 16.4. The number of carbonyl (C=O) groups excluding carboxylic acids is 1. The number of fused-ring (bicyclic) bond motifs is 1. The second-order valence-corrected chi connectivity index (χ2v) is 7.10. The van der Waals surface area contributed by atoms with Crippen molar-refractivity contribution in [1.82, 2.24) is 15.3 Å². The van der Waals surface area contributed by atoms with E-state index in [0.29, 0.717) is 11.4 Å². The number of hydrogen-bond acceptors (Lipinski definition) is 4. The van der Waals surface area contributed by atoms with Crippen LogP contribution in [0.4, 0.5) is 5.82 Å². The van der Waals surface area contributed by atoms with Gasteiger partial charge in [-0.05, 0) is 55.3 Å². The molecule has 4 rings (SSSR count). The van der Waals surface area contributed by atoms with E-state index in [2.05, 4.69) is 10.3 Å². The van der Waals surface area contributed by atoms with Gasteiger partial charge in [0.15, 0.2) is 0 Å². The molecule has 0 fully saturated rings. The van der Waals surface area contributed by atoms with Crippen LogP contribution in [0.1, 0.15) is 34.5 Å². The molecule has 3 N–H and O–H groups in total. The van der Waals surface area contributed by atoms with Gasteiger partial charge in [-0.2, -0.15) is 0 Å². The number of aryl methyl sites for hydroxylation is 1. The van der Waals surface area contributed by atoms with Gasteiger partial charge in [-0.1, -0.05) is 36.4 Å². The average molecular weight is 382 g/mol. The monoisotopic (exact) mass is 382 g/mol. The number of nitrogen functional groups attached to an aromatic ring is 1. The number of amides is 1. The largest absolute Gasteiger partial charge is 0.384 e. The Morgan fingerprint density at radius 2 is 1.79 bits per heavy atom. The van der Waals surface area contributed by atoms with Crippen molar-refractivity contribution in [3.05, 3.63) is 89.6 Å². The highest BCUT2D eigenvalue weighted by molar-refractivity contribution is 5.96. The zero-order chi connectivity index (χ0) is 20.4. The number of pyridine rings is 2. The first kappa shape index (κ1) is 18.6. The number of carbonyl (C=O) groups is 1. The van der Waals surface area contributed by atoms with E-state index in [9.17, 15) is 4.79 Å². The lowest BCUT2D eigenvalue weighted by Crippen LogP contribution is -2.27. The summed E-state index contributed by atoms with van der Waals surface area (Å²) >= 11 is 0. The van der Waals surface area contributed by atoms with Crippen molar-refractivity contribution in [3.8, 4) is 11.3 Å². The summed E-state index contributed by atoms with van der Waals surface area (Å²) in [5, 5.41) is 4.14. The summed E-state index contributed by atoms with van der Waals surface area (Å²) in [7, 11) is 0. The Balaban J connectivity index is 1.74. The molecule has 0 aliphatic carbocycles. The first-order valence-corrected chi connectivity index (χ1v) is 9.51. The van der Waals surface area contributed by atoms with Crippen molar-refractivity contribution in [2.24, 2.45) is 0 Å². The quantitative estimate of drug-likeness (QED) is 0.537. The second-order valence-electron chi connectivity index (χ2n) is 7.10. The summed E-state index contributed by atoms with van der Waals surface area (Å²) in [6.45, 7) is 3.93. The number of anilines is 1. The minimum atomic E-state index is -0.199. The number of benzene rings is 2. The van der Waals surface area contributed by atoms with E-state index in [1.54, 1.807) is 12.3 Å². The first-order chi connectivity index (χ1) is 14.0. The molecular formula is C24H22N4O. The van der Waals surface area contributed by atoms with Gasteiger partial charge < -0.3 is 11.1 Å².